The fraction of sp³-hybridized carbons (Fsp3) is 0.529. The van der Waals surface area contributed by atoms with Gasteiger partial charge in [0.05, 0.1) is 18.6 Å². The highest BCUT2D eigenvalue weighted by Gasteiger charge is 2.61. The maximum atomic E-state index is 12.4. The maximum Gasteiger partial charge on any atom is 0.291 e. The van der Waals surface area contributed by atoms with E-state index in [2.05, 4.69) is 6.07 Å². The average molecular weight is 285 g/mol. The summed E-state index contributed by atoms with van der Waals surface area (Å²) in [6.07, 6.45) is 4.67. The van der Waals surface area contributed by atoms with E-state index >= 15 is 0 Å². The number of ether oxygens (including phenoxy) is 1. The van der Waals surface area contributed by atoms with Crippen molar-refractivity contribution in [2.24, 2.45) is 5.92 Å². The number of benzene rings is 1. The number of amides is 1. The molecule has 4 rings (SSSR count). The predicted octanol–water partition coefficient (Wildman–Crippen LogP) is 2.05. The van der Waals surface area contributed by atoms with E-state index in [0.29, 0.717) is 6.54 Å². The van der Waals surface area contributed by atoms with Crippen molar-refractivity contribution in [3.05, 3.63) is 29.3 Å². The first kappa shape index (κ1) is 12.9. The first-order chi connectivity index (χ1) is 10.2. The zero-order valence-electron chi connectivity index (χ0n) is 12.2. The maximum absolute atomic E-state index is 12.4. The van der Waals surface area contributed by atoms with E-state index in [9.17, 15) is 9.59 Å². The van der Waals surface area contributed by atoms with Gasteiger partial charge in [-0.1, -0.05) is 18.9 Å². The molecule has 0 aromatic heterocycles. The van der Waals surface area contributed by atoms with Crippen molar-refractivity contribution in [2.75, 3.05) is 13.7 Å². The molecule has 110 valence electrons. The van der Waals surface area contributed by atoms with Gasteiger partial charge in [0.25, 0.3) is 5.91 Å². The summed E-state index contributed by atoms with van der Waals surface area (Å²) in [4.78, 5) is 26.7. The molecule has 1 aromatic rings. The van der Waals surface area contributed by atoms with Gasteiger partial charge in [-0.05, 0) is 42.5 Å². The Hall–Kier alpha value is -1.84. The second-order valence-corrected chi connectivity index (χ2v) is 6.32. The lowest BCUT2D eigenvalue weighted by Gasteiger charge is -2.48. The second-order valence-electron chi connectivity index (χ2n) is 6.32. The van der Waals surface area contributed by atoms with Crippen molar-refractivity contribution in [3.8, 4) is 5.75 Å². The molecule has 2 fully saturated rings. The fourth-order valence-corrected chi connectivity index (χ4v) is 4.59. The highest BCUT2D eigenvalue weighted by atomic mass is 16.5. The van der Waals surface area contributed by atoms with E-state index in [0.717, 1.165) is 43.4 Å². The standard InChI is InChI=1S/C17H19NO3/c1-21-12-6-5-11-7-9-18-16(20)15(19)13-4-2-3-8-17(13,18)14(11)10-12/h5-6,10,13H,2-4,7-9H2,1H3/t13-,17-/m0/s1. The number of carbonyl (C=O) groups excluding carboxylic acids is 2. The van der Waals surface area contributed by atoms with E-state index in [1.165, 1.54) is 5.56 Å². The Morgan fingerprint density at radius 1 is 1.29 bits per heavy atom. The first-order valence-electron chi connectivity index (χ1n) is 7.71. The number of nitrogens with zero attached hydrogens (tertiary/aromatic N) is 1. The van der Waals surface area contributed by atoms with E-state index in [1.807, 2.05) is 17.0 Å². The molecule has 2 atom stereocenters. The molecule has 0 radical (unpaired) electrons. The van der Waals surface area contributed by atoms with Crippen LogP contribution >= 0.6 is 0 Å². The number of fused-ring (bicyclic) bond motifs is 1. The third-order valence-electron chi connectivity index (χ3n) is 5.52. The lowest BCUT2D eigenvalue weighted by molar-refractivity contribution is -0.141. The smallest absolute Gasteiger partial charge is 0.291 e. The Morgan fingerprint density at radius 3 is 2.95 bits per heavy atom. The van der Waals surface area contributed by atoms with Crippen LogP contribution in [0.15, 0.2) is 18.2 Å². The van der Waals surface area contributed by atoms with Crippen molar-refractivity contribution >= 4 is 11.7 Å². The molecule has 1 saturated carbocycles. The first-order valence-corrected chi connectivity index (χ1v) is 7.71. The third kappa shape index (κ3) is 1.50. The Morgan fingerprint density at radius 2 is 2.14 bits per heavy atom. The van der Waals surface area contributed by atoms with Gasteiger partial charge in [0.15, 0.2) is 0 Å². The van der Waals surface area contributed by atoms with Gasteiger partial charge in [-0.2, -0.15) is 0 Å². The average Bonchev–Trinajstić information content (AvgIpc) is 2.76. The zero-order chi connectivity index (χ0) is 14.6. The molecule has 0 N–H and O–H groups in total. The summed E-state index contributed by atoms with van der Waals surface area (Å²) in [5.41, 5.74) is 2.02. The van der Waals surface area contributed by atoms with Crippen LogP contribution in [0.5, 0.6) is 5.75 Å². The minimum absolute atomic E-state index is 0.162. The van der Waals surface area contributed by atoms with Gasteiger partial charge in [0, 0.05) is 6.54 Å². The lowest BCUT2D eigenvalue weighted by atomic mass is 9.66. The second kappa shape index (κ2) is 4.33. The molecule has 3 aliphatic rings. The Bertz CT molecular complexity index is 633. The Labute approximate surface area is 124 Å². The molecule has 1 spiro atoms. The minimum Gasteiger partial charge on any atom is -0.497 e. The summed E-state index contributed by atoms with van der Waals surface area (Å²) >= 11 is 0. The molecule has 1 amide bonds. The number of Topliss-reactive ketones (excluding diaryl/α,β-unsaturated/α-hetero) is 1. The van der Waals surface area contributed by atoms with Gasteiger partial charge in [0.1, 0.15) is 5.75 Å². The third-order valence-corrected chi connectivity index (χ3v) is 5.52. The highest BCUT2D eigenvalue weighted by molar-refractivity contribution is 6.39. The molecule has 4 nitrogen and oxygen atoms in total. The number of methoxy groups -OCH3 is 1. The van der Waals surface area contributed by atoms with Crippen LogP contribution < -0.4 is 4.74 Å². The quantitative estimate of drug-likeness (QED) is 0.742. The molecular formula is C17H19NO3. The molecule has 4 heteroatoms. The number of ketones is 1. The normalized spacial score (nSPS) is 30.7. The van der Waals surface area contributed by atoms with E-state index < -0.39 is 5.54 Å². The van der Waals surface area contributed by atoms with Crippen LogP contribution in [0.3, 0.4) is 0 Å². The molecule has 1 saturated heterocycles. The van der Waals surface area contributed by atoms with Crippen LogP contribution in [0.1, 0.15) is 36.8 Å². The summed E-state index contributed by atoms with van der Waals surface area (Å²) in [7, 11) is 1.66. The van der Waals surface area contributed by atoms with Crippen LogP contribution in [-0.4, -0.2) is 30.2 Å². The van der Waals surface area contributed by atoms with Gasteiger partial charge in [-0.25, -0.2) is 0 Å². The van der Waals surface area contributed by atoms with Gasteiger partial charge in [0.2, 0.25) is 5.78 Å². The summed E-state index contributed by atoms with van der Waals surface area (Å²) in [5, 5.41) is 0. The Balaban J connectivity index is 1.95. The Kier molecular flexibility index (Phi) is 2.65. The zero-order valence-corrected chi connectivity index (χ0v) is 12.2. The number of rotatable bonds is 1. The SMILES string of the molecule is COc1ccc2c(c1)[C@]13CCCC[C@H]1C(=O)C(=O)N3CC2. The van der Waals surface area contributed by atoms with E-state index in [4.69, 9.17) is 4.74 Å². The molecule has 1 aliphatic carbocycles. The number of hydrogen-bond acceptors (Lipinski definition) is 3. The minimum atomic E-state index is -0.394. The molecule has 0 unspecified atom stereocenters. The van der Waals surface area contributed by atoms with Crippen molar-refractivity contribution in [1.82, 2.24) is 4.90 Å². The van der Waals surface area contributed by atoms with Gasteiger partial charge >= 0.3 is 0 Å². The molecular weight excluding hydrogens is 266 g/mol. The van der Waals surface area contributed by atoms with Gasteiger partial charge < -0.3 is 9.64 Å². The summed E-state index contributed by atoms with van der Waals surface area (Å²) < 4.78 is 5.37. The summed E-state index contributed by atoms with van der Waals surface area (Å²) in [6, 6.07) is 6.12. The molecule has 0 bridgehead atoms. The van der Waals surface area contributed by atoms with Crippen LogP contribution in [0.4, 0.5) is 0 Å². The summed E-state index contributed by atoms with van der Waals surface area (Å²) in [6.45, 7) is 0.667. The highest BCUT2D eigenvalue weighted by Crippen LogP contribution is 2.54. The van der Waals surface area contributed by atoms with E-state index in [1.54, 1.807) is 7.11 Å². The van der Waals surface area contributed by atoms with Crippen LogP contribution in [-0.2, 0) is 21.5 Å². The van der Waals surface area contributed by atoms with E-state index in [-0.39, 0.29) is 17.6 Å². The predicted molar refractivity (Wildman–Crippen MR) is 77.1 cm³/mol. The van der Waals surface area contributed by atoms with Crippen LogP contribution in [0.25, 0.3) is 0 Å². The molecule has 2 aliphatic heterocycles. The lowest BCUT2D eigenvalue weighted by Crippen LogP contribution is -2.52. The largest absolute Gasteiger partial charge is 0.497 e. The van der Waals surface area contributed by atoms with Crippen molar-refractivity contribution < 1.29 is 14.3 Å². The van der Waals surface area contributed by atoms with Gasteiger partial charge in [-0.3, -0.25) is 9.59 Å². The van der Waals surface area contributed by atoms with Crippen molar-refractivity contribution in [3.63, 3.8) is 0 Å². The number of hydrogen-bond donors (Lipinski definition) is 0. The van der Waals surface area contributed by atoms with Crippen LogP contribution in [0, 0.1) is 5.92 Å². The molecule has 2 heterocycles. The van der Waals surface area contributed by atoms with Crippen molar-refractivity contribution in [2.45, 2.75) is 37.6 Å². The van der Waals surface area contributed by atoms with Crippen LogP contribution in [0.2, 0.25) is 0 Å². The monoisotopic (exact) mass is 285 g/mol. The fourth-order valence-electron chi connectivity index (χ4n) is 4.59. The van der Waals surface area contributed by atoms with Gasteiger partial charge in [-0.15, -0.1) is 0 Å². The molecule has 21 heavy (non-hydrogen) atoms. The number of carbonyl (C=O) groups is 2. The summed E-state index contributed by atoms with van der Waals surface area (Å²) in [5.74, 6) is 0.201. The molecule has 1 aromatic carbocycles. The topological polar surface area (TPSA) is 46.6 Å². The van der Waals surface area contributed by atoms with Crippen molar-refractivity contribution in [1.29, 1.82) is 0 Å².